The lowest BCUT2D eigenvalue weighted by Gasteiger charge is -2.39. The molecule has 0 amide bonds. The number of carboxylic acid groups (broad SMARTS) is 2. The van der Waals surface area contributed by atoms with Crippen molar-refractivity contribution in [3.8, 4) is 0 Å². The van der Waals surface area contributed by atoms with Gasteiger partial charge in [0.2, 0.25) is 0 Å². The Morgan fingerprint density at radius 3 is 1.73 bits per heavy atom. The maximum Gasteiger partial charge on any atom is 0.320 e. The summed E-state index contributed by atoms with van der Waals surface area (Å²) >= 11 is 0. The molecule has 6 heteroatoms. The smallest absolute Gasteiger partial charge is 0.320 e. The van der Waals surface area contributed by atoms with Gasteiger partial charge in [-0.15, -0.1) is 0 Å². The van der Waals surface area contributed by atoms with Crippen LogP contribution in [0.4, 0.5) is 0 Å². The quantitative estimate of drug-likeness (QED) is 0.543. The van der Waals surface area contributed by atoms with Gasteiger partial charge in [0.1, 0.15) is 11.5 Å². The molecule has 2 rings (SSSR count). The van der Waals surface area contributed by atoms with Crippen LogP contribution < -0.4 is 11.5 Å². The molecule has 0 aliphatic carbocycles. The Balaban J connectivity index is 2.71. The molecule has 0 heterocycles. The Labute approximate surface area is 152 Å². The highest BCUT2D eigenvalue weighted by Gasteiger charge is 2.49. The minimum atomic E-state index is -1.44. The third-order valence-corrected chi connectivity index (χ3v) is 4.78. The Morgan fingerprint density at radius 1 is 0.923 bits per heavy atom. The minimum absolute atomic E-state index is 0.00260. The van der Waals surface area contributed by atoms with Crippen LogP contribution in [-0.2, 0) is 15.0 Å². The predicted octanol–water partition coefficient (Wildman–Crippen LogP) is 1.82. The number of nitrogens with two attached hydrogens (primary N) is 2. The van der Waals surface area contributed by atoms with Gasteiger partial charge in [0.25, 0.3) is 0 Å². The summed E-state index contributed by atoms with van der Waals surface area (Å²) in [5, 5.41) is 19.6. The number of hydrogen-bond acceptors (Lipinski definition) is 4. The zero-order valence-electron chi connectivity index (χ0n) is 14.4. The van der Waals surface area contributed by atoms with Gasteiger partial charge in [-0.2, -0.15) is 0 Å². The average molecular weight is 356 g/mol. The molecule has 2 aromatic carbocycles. The lowest BCUT2D eigenvalue weighted by Crippen LogP contribution is -2.48. The molecule has 0 spiro atoms. The van der Waals surface area contributed by atoms with E-state index in [4.69, 9.17) is 11.5 Å². The van der Waals surface area contributed by atoms with Crippen molar-refractivity contribution < 1.29 is 19.8 Å². The fourth-order valence-electron chi connectivity index (χ4n) is 3.58. The van der Waals surface area contributed by atoms with Crippen LogP contribution in [-0.4, -0.2) is 34.7 Å². The summed E-state index contributed by atoms with van der Waals surface area (Å²) in [6.45, 7) is 0.228. The first-order valence-corrected chi connectivity index (χ1v) is 8.47. The number of carboxylic acids is 2. The van der Waals surface area contributed by atoms with Gasteiger partial charge < -0.3 is 21.7 Å². The summed E-state index contributed by atoms with van der Waals surface area (Å²) in [7, 11) is 0. The van der Waals surface area contributed by atoms with Crippen molar-refractivity contribution in [3.05, 3.63) is 71.8 Å². The molecule has 26 heavy (non-hydrogen) atoms. The highest BCUT2D eigenvalue weighted by atomic mass is 16.4. The summed E-state index contributed by atoms with van der Waals surface area (Å²) in [5.41, 5.74) is 11.2. The van der Waals surface area contributed by atoms with Crippen LogP contribution in [0.5, 0.6) is 0 Å². The third-order valence-electron chi connectivity index (χ3n) is 4.78. The summed E-state index contributed by atoms with van der Waals surface area (Å²) in [5.74, 6) is -2.79. The van der Waals surface area contributed by atoms with Crippen molar-refractivity contribution in [1.82, 2.24) is 0 Å². The number of benzene rings is 2. The lowest BCUT2D eigenvalue weighted by atomic mass is 9.63. The molecule has 2 atom stereocenters. The second-order valence-electron chi connectivity index (χ2n) is 6.30. The average Bonchev–Trinajstić information content (AvgIpc) is 2.64. The fourth-order valence-corrected chi connectivity index (χ4v) is 3.58. The zero-order valence-corrected chi connectivity index (χ0v) is 14.4. The van der Waals surface area contributed by atoms with E-state index in [1.54, 1.807) is 48.5 Å². The maximum absolute atomic E-state index is 12.7. The highest BCUT2D eigenvalue weighted by Crippen LogP contribution is 2.43. The van der Waals surface area contributed by atoms with Crippen molar-refractivity contribution in [3.63, 3.8) is 0 Å². The van der Waals surface area contributed by atoms with E-state index in [2.05, 4.69) is 0 Å². The number of hydrogen-bond donors (Lipinski definition) is 4. The van der Waals surface area contributed by atoms with Crippen molar-refractivity contribution in [1.29, 1.82) is 0 Å². The van der Waals surface area contributed by atoms with Crippen LogP contribution in [0.15, 0.2) is 60.7 Å². The van der Waals surface area contributed by atoms with Gasteiger partial charge in [-0.3, -0.25) is 9.59 Å². The second-order valence-corrected chi connectivity index (χ2v) is 6.30. The SMILES string of the molecule is NCCC(C[C@H](N)C(=O)O)C(C(=O)O)(c1ccccc1)c1ccccc1. The van der Waals surface area contributed by atoms with Crippen molar-refractivity contribution >= 4 is 11.9 Å². The fraction of sp³-hybridized carbons (Fsp3) is 0.300. The van der Waals surface area contributed by atoms with Crippen LogP contribution in [0.25, 0.3) is 0 Å². The van der Waals surface area contributed by atoms with E-state index >= 15 is 0 Å². The van der Waals surface area contributed by atoms with Gasteiger partial charge in [-0.1, -0.05) is 60.7 Å². The number of carbonyl (C=O) groups is 2. The van der Waals surface area contributed by atoms with E-state index in [1.807, 2.05) is 12.1 Å². The van der Waals surface area contributed by atoms with Crippen LogP contribution in [0, 0.1) is 5.92 Å². The number of rotatable bonds is 9. The molecular formula is C20H24N2O4. The molecule has 0 radical (unpaired) electrons. The van der Waals surface area contributed by atoms with E-state index < -0.39 is 29.3 Å². The molecule has 0 aliphatic heterocycles. The first-order valence-electron chi connectivity index (χ1n) is 8.47. The summed E-state index contributed by atoms with van der Waals surface area (Å²) in [6.07, 6.45) is 0.333. The van der Waals surface area contributed by atoms with Crippen LogP contribution in [0.2, 0.25) is 0 Å². The Bertz CT molecular complexity index is 694. The van der Waals surface area contributed by atoms with Crippen molar-refractivity contribution in [2.45, 2.75) is 24.3 Å². The van der Waals surface area contributed by atoms with Crippen LogP contribution in [0.3, 0.4) is 0 Å². The first-order chi connectivity index (χ1) is 12.4. The van der Waals surface area contributed by atoms with Gasteiger partial charge in [-0.05, 0) is 36.4 Å². The largest absolute Gasteiger partial charge is 0.480 e. The third kappa shape index (κ3) is 3.76. The highest BCUT2D eigenvalue weighted by molar-refractivity contribution is 5.87. The Kier molecular flexibility index (Phi) is 6.49. The molecular weight excluding hydrogens is 332 g/mol. The molecule has 2 aromatic rings. The first kappa shape index (κ1) is 19.6. The minimum Gasteiger partial charge on any atom is -0.480 e. The normalized spacial score (nSPS) is 13.8. The Morgan fingerprint density at radius 2 is 1.38 bits per heavy atom. The summed E-state index contributed by atoms with van der Waals surface area (Å²) in [4.78, 5) is 24.0. The van der Waals surface area contributed by atoms with Gasteiger partial charge >= 0.3 is 11.9 Å². The Hall–Kier alpha value is -2.70. The predicted molar refractivity (Wildman–Crippen MR) is 98.7 cm³/mol. The molecule has 0 bridgehead atoms. The standard InChI is InChI=1S/C20H24N2O4/c21-12-11-16(13-17(22)18(23)24)20(19(25)26,14-7-3-1-4-8-14)15-9-5-2-6-10-15/h1-10,16-17H,11-13,21-22H2,(H,23,24)(H,25,26)/t16?,17-/m0/s1. The van der Waals surface area contributed by atoms with E-state index in [1.165, 1.54) is 0 Å². The van der Waals surface area contributed by atoms with E-state index in [0.717, 1.165) is 0 Å². The van der Waals surface area contributed by atoms with Crippen molar-refractivity contribution in [2.24, 2.45) is 17.4 Å². The van der Waals surface area contributed by atoms with Gasteiger partial charge in [-0.25, -0.2) is 0 Å². The number of aliphatic carboxylic acids is 2. The van der Waals surface area contributed by atoms with Gasteiger partial charge in [0, 0.05) is 0 Å². The molecule has 0 fully saturated rings. The lowest BCUT2D eigenvalue weighted by molar-refractivity contribution is -0.146. The second kappa shape index (κ2) is 8.60. The van der Waals surface area contributed by atoms with Crippen LogP contribution in [0.1, 0.15) is 24.0 Å². The topological polar surface area (TPSA) is 127 Å². The molecule has 6 N–H and O–H groups in total. The van der Waals surface area contributed by atoms with Crippen molar-refractivity contribution in [2.75, 3.05) is 6.54 Å². The van der Waals surface area contributed by atoms with E-state index in [9.17, 15) is 19.8 Å². The summed E-state index contributed by atoms with van der Waals surface area (Å²) in [6, 6.07) is 16.5. The van der Waals surface area contributed by atoms with Gasteiger partial charge in [0.05, 0.1) is 0 Å². The molecule has 1 unspecified atom stereocenters. The molecule has 0 aromatic heterocycles. The summed E-state index contributed by atoms with van der Waals surface area (Å²) < 4.78 is 0. The molecule has 138 valence electrons. The molecule has 0 saturated heterocycles. The molecule has 0 aliphatic rings. The maximum atomic E-state index is 12.7. The molecule has 0 saturated carbocycles. The zero-order chi connectivity index (χ0) is 19.2. The molecule has 6 nitrogen and oxygen atoms in total. The van der Waals surface area contributed by atoms with E-state index in [-0.39, 0.29) is 13.0 Å². The van der Waals surface area contributed by atoms with Gasteiger partial charge in [0.15, 0.2) is 0 Å². The van der Waals surface area contributed by atoms with E-state index in [0.29, 0.717) is 17.5 Å². The van der Waals surface area contributed by atoms with Crippen LogP contribution >= 0.6 is 0 Å². The monoisotopic (exact) mass is 356 g/mol.